The van der Waals surface area contributed by atoms with Gasteiger partial charge in [-0.05, 0) is 12.1 Å². The van der Waals surface area contributed by atoms with Crippen molar-refractivity contribution >= 4 is 23.3 Å². The predicted molar refractivity (Wildman–Crippen MR) is 71.0 cm³/mol. The summed E-state index contributed by atoms with van der Waals surface area (Å²) in [6.45, 7) is 2.15. The van der Waals surface area contributed by atoms with Gasteiger partial charge in [0.15, 0.2) is 5.78 Å². The zero-order valence-electron chi connectivity index (χ0n) is 10.8. The number of ketones is 1. The van der Waals surface area contributed by atoms with E-state index in [-0.39, 0.29) is 24.0 Å². The molecule has 0 atom stereocenters. The lowest BCUT2D eigenvalue weighted by atomic mass is 10.00. The minimum Gasteiger partial charge on any atom is -0.356 e. The number of benzene rings is 1. The fourth-order valence-corrected chi connectivity index (χ4v) is 2.15. The van der Waals surface area contributed by atoms with E-state index in [1.165, 1.54) is 6.92 Å². The van der Waals surface area contributed by atoms with Crippen molar-refractivity contribution < 1.29 is 14.4 Å². The van der Waals surface area contributed by atoms with Crippen LogP contribution < -0.4 is 10.2 Å². The van der Waals surface area contributed by atoms with Crippen molar-refractivity contribution in [2.45, 2.75) is 19.8 Å². The monoisotopic (exact) mass is 260 g/mol. The van der Waals surface area contributed by atoms with Crippen LogP contribution in [0, 0.1) is 0 Å². The second-order valence-electron chi connectivity index (χ2n) is 4.47. The van der Waals surface area contributed by atoms with E-state index in [2.05, 4.69) is 5.32 Å². The number of amides is 2. The molecule has 0 fully saturated rings. The van der Waals surface area contributed by atoms with Crippen LogP contribution in [0.4, 0.5) is 5.69 Å². The van der Waals surface area contributed by atoms with Crippen LogP contribution in [0.25, 0.3) is 0 Å². The number of hydrogen-bond acceptors (Lipinski definition) is 3. The van der Waals surface area contributed by atoms with Gasteiger partial charge in [0.05, 0.1) is 5.69 Å². The molecule has 5 heteroatoms. The number of anilines is 1. The van der Waals surface area contributed by atoms with E-state index in [1.54, 1.807) is 23.1 Å². The predicted octanol–water partition coefficient (Wildman–Crippen LogP) is 1.13. The number of para-hydroxylation sites is 1. The van der Waals surface area contributed by atoms with E-state index < -0.39 is 0 Å². The standard InChI is InChI=1S/C14H16N2O3/c1-10(17)15-8-6-14(19)16-9-7-13(18)11-4-2-3-5-12(11)16/h2-5H,6-9H2,1H3,(H,15,17). The molecule has 0 saturated heterocycles. The van der Waals surface area contributed by atoms with Gasteiger partial charge in [0.1, 0.15) is 0 Å². The van der Waals surface area contributed by atoms with Gasteiger partial charge < -0.3 is 10.2 Å². The Hall–Kier alpha value is -2.17. The van der Waals surface area contributed by atoms with Crippen molar-refractivity contribution in [2.75, 3.05) is 18.0 Å². The third-order valence-corrected chi connectivity index (χ3v) is 3.07. The number of carbonyl (C=O) groups excluding carboxylic acids is 3. The molecular weight excluding hydrogens is 244 g/mol. The Kier molecular flexibility index (Phi) is 3.94. The Morgan fingerprint density at radius 1 is 1.32 bits per heavy atom. The Morgan fingerprint density at radius 2 is 2.05 bits per heavy atom. The lowest BCUT2D eigenvalue weighted by Gasteiger charge is -2.28. The van der Waals surface area contributed by atoms with Crippen molar-refractivity contribution in [2.24, 2.45) is 0 Å². The quantitative estimate of drug-likeness (QED) is 0.886. The normalized spacial score (nSPS) is 13.9. The van der Waals surface area contributed by atoms with Crippen LogP contribution >= 0.6 is 0 Å². The van der Waals surface area contributed by atoms with Gasteiger partial charge in [-0.1, -0.05) is 12.1 Å². The molecular formula is C14H16N2O3. The van der Waals surface area contributed by atoms with Gasteiger partial charge in [-0.2, -0.15) is 0 Å². The zero-order chi connectivity index (χ0) is 13.8. The zero-order valence-corrected chi connectivity index (χ0v) is 10.8. The highest BCUT2D eigenvalue weighted by atomic mass is 16.2. The lowest BCUT2D eigenvalue weighted by molar-refractivity contribution is -0.120. The van der Waals surface area contributed by atoms with E-state index >= 15 is 0 Å². The molecule has 1 aliphatic rings. The molecule has 0 saturated carbocycles. The lowest BCUT2D eigenvalue weighted by Crippen LogP contribution is -2.39. The van der Waals surface area contributed by atoms with Crippen molar-refractivity contribution in [3.63, 3.8) is 0 Å². The summed E-state index contributed by atoms with van der Waals surface area (Å²) < 4.78 is 0. The fourth-order valence-electron chi connectivity index (χ4n) is 2.15. The Balaban J connectivity index is 2.09. The van der Waals surface area contributed by atoms with Crippen LogP contribution in [0.2, 0.25) is 0 Å². The molecule has 0 spiro atoms. The van der Waals surface area contributed by atoms with Crippen molar-refractivity contribution in [3.05, 3.63) is 29.8 Å². The van der Waals surface area contributed by atoms with E-state index in [0.717, 1.165) is 0 Å². The second-order valence-corrected chi connectivity index (χ2v) is 4.47. The maximum absolute atomic E-state index is 12.1. The first-order chi connectivity index (χ1) is 9.09. The molecule has 0 bridgehead atoms. The summed E-state index contributed by atoms with van der Waals surface area (Å²) in [6.07, 6.45) is 0.588. The van der Waals surface area contributed by atoms with Crippen LogP contribution in [0.3, 0.4) is 0 Å². The third-order valence-electron chi connectivity index (χ3n) is 3.07. The van der Waals surface area contributed by atoms with Crippen LogP contribution in [-0.4, -0.2) is 30.7 Å². The molecule has 1 aromatic carbocycles. The van der Waals surface area contributed by atoms with Crippen molar-refractivity contribution in [1.29, 1.82) is 0 Å². The SMILES string of the molecule is CC(=O)NCCC(=O)N1CCC(=O)c2ccccc21. The Labute approximate surface area is 111 Å². The molecule has 19 heavy (non-hydrogen) atoms. The molecule has 0 aromatic heterocycles. The smallest absolute Gasteiger partial charge is 0.228 e. The summed E-state index contributed by atoms with van der Waals surface area (Å²) in [6, 6.07) is 7.13. The largest absolute Gasteiger partial charge is 0.356 e. The highest BCUT2D eigenvalue weighted by Crippen LogP contribution is 2.27. The maximum Gasteiger partial charge on any atom is 0.228 e. The van der Waals surface area contributed by atoms with Gasteiger partial charge in [-0.3, -0.25) is 14.4 Å². The van der Waals surface area contributed by atoms with E-state index in [0.29, 0.717) is 30.8 Å². The number of carbonyl (C=O) groups is 3. The van der Waals surface area contributed by atoms with Gasteiger partial charge in [-0.15, -0.1) is 0 Å². The van der Waals surface area contributed by atoms with Crippen LogP contribution in [0.1, 0.15) is 30.1 Å². The maximum atomic E-state index is 12.1. The first-order valence-electron chi connectivity index (χ1n) is 6.26. The Morgan fingerprint density at radius 3 is 2.79 bits per heavy atom. The molecule has 0 radical (unpaired) electrons. The van der Waals surface area contributed by atoms with E-state index in [9.17, 15) is 14.4 Å². The average molecular weight is 260 g/mol. The van der Waals surface area contributed by atoms with Crippen LogP contribution in [0.15, 0.2) is 24.3 Å². The van der Waals surface area contributed by atoms with Gasteiger partial charge in [0.25, 0.3) is 0 Å². The fraction of sp³-hybridized carbons (Fsp3) is 0.357. The number of rotatable bonds is 3. The summed E-state index contributed by atoms with van der Waals surface area (Å²) in [5.41, 5.74) is 1.27. The number of nitrogens with one attached hydrogen (secondary N) is 1. The molecule has 1 N–H and O–H groups in total. The third kappa shape index (κ3) is 2.99. The van der Waals surface area contributed by atoms with E-state index in [4.69, 9.17) is 0 Å². The summed E-state index contributed by atoms with van der Waals surface area (Å²) in [4.78, 5) is 36.3. The summed E-state index contributed by atoms with van der Waals surface area (Å²) in [7, 11) is 0. The molecule has 5 nitrogen and oxygen atoms in total. The number of fused-ring (bicyclic) bond motifs is 1. The van der Waals surface area contributed by atoms with Gasteiger partial charge in [0.2, 0.25) is 11.8 Å². The van der Waals surface area contributed by atoms with Crippen molar-refractivity contribution in [3.8, 4) is 0 Å². The Bertz CT molecular complexity index is 525. The molecule has 1 aliphatic heterocycles. The van der Waals surface area contributed by atoms with Crippen LogP contribution in [0.5, 0.6) is 0 Å². The van der Waals surface area contributed by atoms with Gasteiger partial charge in [0, 0.05) is 38.4 Å². The molecule has 100 valence electrons. The number of Topliss-reactive ketones (excluding diaryl/α,β-unsaturated/α-hetero) is 1. The number of hydrogen-bond donors (Lipinski definition) is 1. The highest BCUT2D eigenvalue weighted by Gasteiger charge is 2.26. The summed E-state index contributed by atoms with van der Waals surface area (Å²) in [5.74, 6) is -0.155. The van der Waals surface area contributed by atoms with Crippen LogP contribution in [-0.2, 0) is 9.59 Å². The first kappa shape index (κ1) is 13.3. The highest BCUT2D eigenvalue weighted by molar-refractivity contribution is 6.08. The van der Waals surface area contributed by atoms with E-state index in [1.807, 2.05) is 6.07 Å². The van der Waals surface area contributed by atoms with Crippen molar-refractivity contribution in [1.82, 2.24) is 5.32 Å². The van der Waals surface area contributed by atoms with Gasteiger partial charge >= 0.3 is 0 Å². The second kappa shape index (κ2) is 5.65. The number of nitrogens with zero attached hydrogens (tertiary/aromatic N) is 1. The minimum atomic E-state index is -0.151. The molecule has 0 aliphatic carbocycles. The molecule has 0 unspecified atom stereocenters. The topological polar surface area (TPSA) is 66.5 Å². The van der Waals surface area contributed by atoms with Gasteiger partial charge in [-0.25, -0.2) is 0 Å². The minimum absolute atomic E-state index is 0.0708. The average Bonchev–Trinajstić information content (AvgIpc) is 2.39. The summed E-state index contributed by atoms with van der Waals surface area (Å²) in [5, 5.41) is 2.59. The molecule has 1 aromatic rings. The summed E-state index contributed by atoms with van der Waals surface area (Å²) >= 11 is 0. The molecule has 2 amide bonds. The molecule has 2 rings (SSSR count). The first-order valence-corrected chi connectivity index (χ1v) is 6.26. The molecule has 1 heterocycles.